The highest BCUT2D eigenvalue weighted by Gasteiger charge is 2.47. The van der Waals surface area contributed by atoms with Gasteiger partial charge in [-0.05, 0) is 34.4 Å². The fourth-order valence-electron chi connectivity index (χ4n) is 4.34. The molecule has 0 saturated carbocycles. The van der Waals surface area contributed by atoms with Crippen molar-refractivity contribution in [3.05, 3.63) is 112 Å². The lowest BCUT2D eigenvalue weighted by Gasteiger charge is -2.44. The van der Waals surface area contributed by atoms with Crippen LogP contribution in [0.5, 0.6) is 5.75 Å². The summed E-state index contributed by atoms with van der Waals surface area (Å²) in [5, 5.41) is 3.99. The molecular weight excluding hydrogens is 486 g/mol. The van der Waals surface area contributed by atoms with Crippen molar-refractivity contribution in [2.24, 2.45) is 5.11 Å². The minimum atomic E-state index is -0.821. The fraction of sp³-hybridized carbons (Fsp3) is 0.379. The molecule has 0 N–H and O–H groups in total. The molecule has 0 amide bonds. The molecule has 0 bridgehead atoms. The summed E-state index contributed by atoms with van der Waals surface area (Å²) >= 11 is 0. The average Bonchev–Trinajstić information content (AvgIpc) is 2.97. The van der Waals surface area contributed by atoms with Crippen LogP contribution in [0.1, 0.15) is 16.7 Å². The SMILES string of the molecule is COc1ccc(CO[C@H]2C(COCc3ccccc3)O[C@H](OC)C(N=[N+]=[N-])[C@@H]2OCc2ccccc2)cc1. The van der Waals surface area contributed by atoms with Gasteiger partial charge in [-0.3, -0.25) is 0 Å². The van der Waals surface area contributed by atoms with Gasteiger partial charge in [0.1, 0.15) is 30.1 Å². The van der Waals surface area contributed by atoms with Crippen molar-refractivity contribution in [3.63, 3.8) is 0 Å². The highest BCUT2D eigenvalue weighted by molar-refractivity contribution is 5.26. The van der Waals surface area contributed by atoms with E-state index in [0.29, 0.717) is 19.8 Å². The summed E-state index contributed by atoms with van der Waals surface area (Å²) in [6, 6.07) is 26.6. The van der Waals surface area contributed by atoms with E-state index >= 15 is 0 Å². The molecule has 3 aromatic rings. The van der Waals surface area contributed by atoms with Gasteiger partial charge < -0.3 is 28.4 Å². The summed E-state index contributed by atoms with van der Waals surface area (Å²) in [4.78, 5) is 3.05. The molecule has 0 aromatic heterocycles. The number of benzene rings is 3. The van der Waals surface area contributed by atoms with E-state index in [-0.39, 0.29) is 6.61 Å². The molecule has 0 aliphatic carbocycles. The van der Waals surface area contributed by atoms with Crippen molar-refractivity contribution >= 4 is 0 Å². The first-order valence-corrected chi connectivity index (χ1v) is 12.5. The topological polar surface area (TPSA) is 104 Å². The van der Waals surface area contributed by atoms with E-state index in [1.54, 1.807) is 7.11 Å². The summed E-state index contributed by atoms with van der Waals surface area (Å²) in [6.45, 7) is 1.24. The molecule has 1 saturated heterocycles. The van der Waals surface area contributed by atoms with Gasteiger partial charge >= 0.3 is 0 Å². The van der Waals surface area contributed by atoms with Crippen LogP contribution >= 0.6 is 0 Å². The Labute approximate surface area is 222 Å². The van der Waals surface area contributed by atoms with Gasteiger partial charge in [0.25, 0.3) is 0 Å². The smallest absolute Gasteiger partial charge is 0.168 e. The van der Waals surface area contributed by atoms with Gasteiger partial charge in [0.05, 0.1) is 33.5 Å². The molecule has 9 nitrogen and oxygen atoms in total. The molecule has 1 fully saturated rings. The molecule has 1 aliphatic heterocycles. The molecule has 3 aromatic carbocycles. The van der Waals surface area contributed by atoms with Crippen LogP contribution in [0.15, 0.2) is 90.0 Å². The van der Waals surface area contributed by atoms with Gasteiger partial charge in [-0.1, -0.05) is 77.9 Å². The molecule has 38 heavy (non-hydrogen) atoms. The number of ether oxygens (including phenoxy) is 6. The first-order chi connectivity index (χ1) is 18.7. The van der Waals surface area contributed by atoms with Crippen LogP contribution in [-0.2, 0) is 43.5 Å². The Morgan fingerprint density at radius 3 is 1.92 bits per heavy atom. The minimum absolute atomic E-state index is 0.232. The third-order valence-corrected chi connectivity index (χ3v) is 6.31. The molecule has 2 unspecified atom stereocenters. The van der Waals surface area contributed by atoms with Crippen LogP contribution in [0.4, 0.5) is 0 Å². The monoisotopic (exact) mass is 519 g/mol. The van der Waals surface area contributed by atoms with E-state index in [9.17, 15) is 5.53 Å². The molecule has 1 heterocycles. The van der Waals surface area contributed by atoms with Crippen LogP contribution in [0.2, 0.25) is 0 Å². The Morgan fingerprint density at radius 2 is 1.34 bits per heavy atom. The molecule has 5 atom stereocenters. The maximum absolute atomic E-state index is 9.33. The van der Waals surface area contributed by atoms with Crippen molar-refractivity contribution in [1.82, 2.24) is 0 Å². The lowest BCUT2D eigenvalue weighted by atomic mass is 9.96. The lowest BCUT2D eigenvalue weighted by Crippen LogP contribution is -2.60. The summed E-state index contributed by atoms with van der Waals surface area (Å²) in [7, 11) is 3.14. The third kappa shape index (κ3) is 7.55. The van der Waals surface area contributed by atoms with Crippen LogP contribution in [-0.4, -0.2) is 51.5 Å². The van der Waals surface area contributed by atoms with E-state index < -0.39 is 30.6 Å². The zero-order valence-electron chi connectivity index (χ0n) is 21.6. The number of rotatable bonds is 13. The first-order valence-electron chi connectivity index (χ1n) is 12.5. The Kier molecular flexibility index (Phi) is 10.5. The summed E-state index contributed by atoms with van der Waals surface area (Å²) < 4.78 is 35.9. The Morgan fingerprint density at radius 1 is 0.763 bits per heavy atom. The largest absolute Gasteiger partial charge is 0.497 e. The second-order valence-corrected chi connectivity index (χ2v) is 8.86. The Bertz CT molecular complexity index is 1140. The standard InChI is InChI=1S/C29H33N3O6/c1-33-24-15-13-23(14-16-24)19-36-27-25(20-35-17-21-9-5-3-6-10-21)38-29(34-2)26(31-32-30)28(27)37-18-22-11-7-4-8-12-22/h3-16,25-29H,17-20H2,1-2H3/t25?,26?,27-,28-,29-/m0/s1. The van der Waals surface area contributed by atoms with E-state index in [2.05, 4.69) is 10.0 Å². The second kappa shape index (κ2) is 14.5. The molecule has 4 rings (SSSR count). The molecule has 9 heteroatoms. The normalized spacial score (nSPS) is 22.9. The zero-order chi connectivity index (χ0) is 26.6. The van der Waals surface area contributed by atoms with Crippen molar-refractivity contribution in [2.45, 2.75) is 50.5 Å². The van der Waals surface area contributed by atoms with Gasteiger partial charge in [0.15, 0.2) is 6.29 Å². The fourth-order valence-corrected chi connectivity index (χ4v) is 4.34. The molecular formula is C29H33N3O6. The van der Waals surface area contributed by atoms with E-state index in [1.807, 2.05) is 84.9 Å². The van der Waals surface area contributed by atoms with Crippen molar-refractivity contribution < 1.29 is 28.4 Å². The van der Waals surface area contributed by atoms with E-state index in [0.717, 1.165) is 22.4 Å². The van der Waals surface area contributed by atoms with Gasteiger partial charge in [0, 0.05) is 12.0 Å². The minimum Gasteiger partial charge on any atom is -0.497 e. The Balaban J connectivity index is 1.55. The van der Waals surface area contributed by atoms with Crippen LogP contribution in [0, 0.1) is 0 Å². The first kappa shape index (κ1) is 27.6. The maximum atomic E-state index is 9.33. The molecule has 200 valence electrons. The van der Waals surface area contributed by atoms with Crippen molar-refractivity contribution in [3.8, 4) is 5.75 Å². The summed E-state index contributed by atoms with van der Waals surface area (Å²) in [6.07, 6.45) is -2.60. The van der Waals surface area contributed by atoms with Crippen LogP contribution < -0.4 is 4.74 Å². The van der Waals surface area contributed by atoms with E-state index in [1.165, 1.54) is 7.11 Å². The number of hydrogen-bond acceptors (Lipinski definition) is 7. The predicted octanol–water partition coefficient (Wildman–Crippen LogP) is 5.43. The lowest BCUT2D eigenvalue weighted by molar-refractivity contribution is -0.280. The zero-order valence-corrected chi connectivity index (χ0v) is 21.6. The highest BCUT2D eigenvalue weighted by Crippen LogP contribution is 2.31. The van der Waals surface area contributed by atoms with Gasteiger partial charge in [-0.2, -0.15) is 0 Å². The summed E-state index contributed by atoms with van der Waals surface area (Å²) in [5.41, 5.74) is 12.3. The van der Waals surface area contributed by atoms with Gasteiger partial charge in [0.2, 0.25) is 0 Å². The molecule has 0 spiro atoms. The number of hydrogen-bond donors (Lipinski definition) is 0. The number of nitrogens with zero attached hydrogens (tertiary/aromatic N) is 3. The molecule has 0 radical (unpaired) electrons. The third-order valence-electron chi connectivity index (χ3n) is 6.31. The van der Waals surface area contributed by atoms with Crippen molar-refractivity contribution in [1.29, 1.82) is 0 Å². The van der Waals surface area contributed by atoms with Gasteiger partial charge in [-0.15, -0.1) is 0 Å². The van der Waals surface area contributed by atoms with Crippen molar-refractivity contribution in [2.75, 3.05) is 20.8 Å². The predicted molar refractivity (Wildman–Crippen MR) is 141 cm³/mol. The average molecular weight is 520 g/mol. The number of methoxy groups -OCH3 is 2. The maximum Gasteiger partial charge on any atom is 0.168 e. The van der Waals surface area contributed by atoms with Gasteiger partial charge in [-0.25, -0.2) is 0 Å². The highest BCUT2D eigenvalue weighted by atomic mass is 16.7. The second-order valence-electron chi connectivity index (χ2n) is 8.86. The van der Waals surface area contributed by atoms with Crippen LogP contribution in [0.25, 0.3) is 10.4 Å². The van der Waals surface area contributed by atoms with E-state index in [4.69, 9.17) is 28.4 Å². The number of azide groups is 1. The van der Waals surface area contributed by atoms with Crippen LogP contribution in [0.3, 0.4) is 0 Å². The quantitative estimate of drug-likeness (QED) is 0.169. The molecule has 1 aliphatic rings. The summed E-state index contributed by atoms with van der Waals surface area (Å²) in [5.74, 6) is 0.761. The Hall–Kier alpha value is -3.43.